The van der Waals surface area contributed by atoms with Gasteiger partial charge in [0.05, 0.1) is 33.4 Å². The first kappa shape index (κ1) is 38.1. The molecule has 5 amide bonds. The lowest BCUT2D eigenvalue weighted by atomic mass is 9.87. The van der Waals surface area contributed by atoms with Crippen molar-refractivity contribution in [3.05, 3.63) is 87.9 Å². The van der Waals surface area contributed by atoms with Crippen LogP contribution in [0.25, 0.3) is 0 Å². The zero-order valence-corrected chi connectivity index (χ0v) is 33.0. The molecule has 2 bridgehead atoms. The number of anilines is 2. The van der Waals surface area contributed by atoms with Crippen molar-refractivity contribution >= 4 is 52.5 Å². The summed E-state index contributed by atoms with van der Waals surface area (Å²) in [5, 5.41) is 11.9. The van der Waals surface area contributed by atoms with E-state index in [1.54, 1.807) is 30.3 Å². The highest BCUT2D eigenvalue weighted by molar-refractivity contribution is 6.31. The number of imide groups is 2. The van der Waals surface area contributed by atoms with Crippen LogP contribution >= 0.6 is 11.6 Å². The van der Waals surface area contributed by atoms with Crippen LogP contribution in [-0.2, 0) is 9.59 Å². The van der Waals surface area contributed by atoms with E-state index in [2.05, 4.69) is 38.2 Å². The molecule has 0 aromatic heterocycles. The van der Waals surface area contributed by atoms with E-state index in [9.17, 15) is 29.2 Å². The summed E-state index contributed by atoms with van der Waals surface area (Å²) in [5.41, 5.74) is 3.61. The van der Waals surface area contributed by atoms with E-state index in [4.69, 9.17) is 16.3 Å². The van der Waals surface area contributed by atoms with Gasteiger partial charge in [-0.1, -0.05) is 24.1 Å². The Morgan fingerprint density at radius 1 is 0.862 bits per heavy atom. The Morgan fingerprint density at radius 3 is 2.36 bits per heavy atom. The fourth-order valence-electron chi connectivity index (χ4n) is 10.0. The van der Waals surface area contributed by atoms with Gasteiger partial charge in [0.2, 0.25) is 11.8 Å². The molecule has 3 aromatic carbocycles. The molecule has 1 saturated carbocycles. The second-order valence-electron chi connectivity index (χ2n) is 16.5. The number of nitriles is 1. The minimum absolute atomic E-state index is 0.00703. The Balaban J connectivity index is 0.758. The predicted molar refractivity (Wildman–Crippen MR) is 216 cm³/mol. The Bertz CT molecular complexity index is 2190. The van der Waals surface area contributed by atoms with Gasteiger partial charge < -0.3 is 19.4 Å². The zero-order valence-electron chi connectivity index (χ0n) is 32.3. The standard InChI is InChI=1S/C44H46ClN7O6/c45-34-23-32(12-9-29(34)24-46)58-40-30-3-1-6-36(40)51(26-30)42(55)28-7-10-31(11-8-28)49-21-19-48(20-22-49)25-27-15-17-50(18-16-27)35-5-2-4-33-39(35)44(57)52(43(33)56)37-13-14-38(53)47-41(37)54/h2,4-5,7-12,23,27,30,36-37,40H,1,3,6,13-22,25-26H2,(H,47,53,54). The number of piperazine rings is 1. The van der Waals surface area contributed by atoms with Crippen molar-refractivity contribution in [1.82, 2.24) is 20.0 Å². The maximum atomic E-state index is 13.9. The average molecular weight is 804 g/mol. The lowest BCUT2D eigenvalue weighted by molar-refractivity contribution is -0.136. The average Bonchev–Trinajstić information content (AvgIpc) is 3.58. The maximum Gasteiger partial charge on any atom is 0.264 e. The number of benzene rings is 3. The van der Waals surface area contributed by atoms with Crippen LogP contribution < -0.4 is 19.9 Å². The largest absolute Gasteiger partial charge is 0.488 e. The molecule has 0 spiro atoms. The fourth-order valence-corrected chi connectivity index (χ4v) is 10.2. The van der Waals surface area contributed by atoms with Gasteiger partial charge >= 0.3 is 0 Å². The van der Waals surface area contributed by atoms with E-state index < -0.39 is 23.8 Å². The molecule has 9 rings (SSSR count). The van der Waals surface area contributed by atoms with Crippen LogP contribution in [0.1, 0.15) is 81.6 Å². The van der Waals surface area contributed by atoms with Crippen LogP contribution in [0, 0.1) is 23.2 Å². The Morgan fingerprint density at radius 2 is 1.64 bits per heavy atom. The third-order valence-electron chi connectivity index (χ3n) is 13.1. The van der Waals surface area contributed by atoms with E-state index in [1.165, 1.54) is 0 Å². The number of carbonyl (C=O) groups excluding carboxylic acids is 5. The van der Waals surface area contributed by atoms with Crippen LogP contribution in [0.2, 0.25) is 5.02 Å². The van der Waals surface area contributed by atoms with Crippen molar-refractivity contribution in [2.75, 3.05) is 62.2 Å². The number of hydrogen-bond donors (Lipinski definition) is 1. The number of carbonyl (C=O) groups is 5. The van der Waals surface area contributed by atoms with E-state index in [0.29, 0.717) is 45.5 Å². The van der Waals surface area contributed by atoms with Crippen LogP contribution in [0.4, 0.5) is 11.4 Å². The van der Waals surface area contributed by atoms with Gasteiger partial charge in [-0.05, 0) is 86.6 Å². The van der Waals surface area contributed by atoms with Gasteiger partial charge in [0.1, 0.15) is 24.0 Å². The van der Waals surface area contributed by atoms with E-state index in [1.807, 2.05) is 23.1 Å². The number of amides is 5. The minimum Gasteiger partial charge on any atom is -0.488 e. The quantitative estimate of drug-likeness (QED) is 0.318. The van der Waals surface area contributed by atoms with E-state index in [-0.39, 0.29) is 42.7 Å². The second kappa shape index (κ2) is 15.7. The molecule has 14 heteroatoms. The van der Waals surface area contributed by atoms with Crippen molar-refractivity contribution in [3.63, 3.8) is 0 Å². The minimum atomic E-state index is -0.980. The van der Waals surface area contributed by atoms with Crippen molar-refractivity contribution in [2.24, 2.45) is 11.8 Å². The molecule has 13 nitrogen and oxygen atoms in total. The van der Waals surface area contributed by atoms with Crippen molar-refractivity contribution in [2.45, 2.75) is 63.1 Å². The number of rotatable bonds is 8. The summed E-state index contributed by atoms with van der Waals surface area (Å²) < 4.78 is 6.42. The summed E-state index contributed by atoms with van der Waals surface area (Å²) in [5.74, 6) is -0.509. The lowest BCUT2D eigenvalue weighted by Crippen LogP contribution is -2.54. The van der Waals surface area contributed by atoms with Gasteiger partial charge in [0.25, 0.3) is 17.7 Å². The third-order valence-corrected chi connectivity index (χ3v) is 13.4. The summed E-state index contributed by atoms with van der Waals surface area (Å²) in [7, 11) is 0. The third kappa shape index (κ3) is 7.06. The number of piperidine rings is 2. The highest BCUT2D eigenvalue weighted by atomic mass is 35.5. The smallest absolute Gasteiger partial charge is 0.264 e. The summed E-state index contributed by atoms with van der Waals surface area (Å²) in [4.78, 5) is 75.2. The summed E-state index contributed by atoms with van der Waals surface area (Å²) >= 11 is 6.27. The highest BCUT2D eigenvalue weighted by Crippen LogP contribution is 2.40. The topological polar surface area (TPSA) is 147 Å². The van der Waals surface area contributed by atoms with E-state index in [0.717, 1.165) is 94.2 Å². The molecular weight excluding hydrogens is 758 g/mol. The SMILES string of the molecule is N#Cc1ccc(OC2C3CCCC2N(C(=O)c2ccc(N4CCN(CC5CCN(c6cccc7c6C(=O)N(C6CCC(=O)NC6=O)C7=O)CC5)CC4)cc2)C3)cc1Cl. The van der Waals surface area contributed by atoms with Crippen LogP contribution in [0.5, 0.6) is 5.75 Å². The van der Waals surface area contributed by atoms with Crippen LogP contribution in [0.15, 0.2) is 60.7 Å². The molecule has 4 unspecified atom stereocenters. The lowest BCUT2D eigenvalue weighted by Gasteiger charge is -2.40. The second-order valence-corrected chi connectivity index (χ2v) is 16.9. The number of nitrogens with one attached hydrogen (secondary N) is 1. The number of nitrogens with zero attached hydrogens (tertiary/aromatic N) is 6. The number of halogens is 1. The first-order valence-electron chi connectivity index (χ1n) is 20.5. The summed E-state index contributed by atoms with van der Waals surface area (Å²) in [6.45, 7) is 6.90. The number of hydrogen-bond acceptors (Lipinski definition) is 10. The van der Waals surface area contributed by atoms with Crippen LogP contribution in [0.3, 0.4) is 0 Å². The fraction of sp³-hybridized carbons (Fsp3) is 0.455. The number of fused-ring (bicyclic) bond motifs is 3. The number of ether oxygens (including phenoxy) is 1. The first-order chi connectivity index (χ1) is 28.2. The Hall–Kier alpha value is -5.45. The molecule has 6 aliphatic rings. The molecule has 5 aliphatic heterocycles. The van der Waals surface area contributed by atoms with Gasteiger partial charge in [0, 0.05) is 82.0 Å². The molecule has 300 valence electrons. The molecule has 0 radical (unpaired) electrons. The number of likely N-dealkylation sites (tertiary alicyclic amines) is 1. The van der Waals surface area contributed by atoms with Gasteiger partial charge in [-0.25, -0.2) is 0 Å². The summed E-state index contributed by atoms with van der Waals surface area (Å²) in [6, 6.07) is 19.6. The maximum absolute atomic E-state index is 13.9. The summed E-state index contributed by atoms with van der Waals surface area (Å²) in [6.07, 6.45) is 5.02. The first-order valence-corrected chi connectivity index (χ1v) is 20.9. The van der Waals surface area contributed by atoms with Crippen molar-refractivity contribution < 1.29 is 28.7 Å². The molecule has 1 N–H and O–H groups in total. The Labute approximate surface area is 342 Å². The Kier molecular flexibility index (Phi) is 10.3. The molecule has 5 fully saturated rings. The monoisotopic (exact) mass is 803 g/mol. The molecule has 4 atom stereocenters. The predicted octanol–water partition coefficient (Wildman–Crippen LogP) is 4.72. The highest BCUT2D eigenvalue weighted by Gasteiger charge is 2.48. The van der Waals surface area contributed by atoms with Gasteiger partial charge in [-0.2, -0.15) is 5.26 Å². The van der Waals surface area contributed by atoms with Gasteiger partial charge in [-0.3, -0.25) is 39.1 Å². The normalized spacial score (nSPS) is 25.2. The van der Waals surface area contributed by atoms with E-state index >= 15 is 0 Å². The zero-order chi connectivity index (χ0) is 40.1. The van der Waals surface area contributed by atoms with Crippen LogP contribution in [-0.4, -0.2) is 115 Å². The molecule has 58 heavy (non-hydrogen) atoms. The molecule has 3 aromatic rings. The van der Waals surface area contributed by atoms with Crippen molar-refractivity contribution in [3.8, 4) is 11.8 Å². The van der Waals surface area contributed by atoms with Gasteiger partial charge in [-0.15, -0.1) is 0 Å². The molecule has 4 saturated heterocycles. The molecule has 1 aliphatic carbocycles. The van der Waals surface area contributed by atoms with Gasteiger partial charge in [0.15, 0.2) is 0 Å². The molecular formula is C44H46ClN7O6. The van der Waals surface area contributed by atoms with Crippen molar-refractivity contribution in [1.29, 1.82) is 5.26 Å². The molecule has 5 heterocycles.